The number of fused-ring (bicyclic) bond motifs is 1. The van der Waals surface area contributed by atoms with Gasteiger partial charge in [0.15, 0.2) is 0 Å². The van der Waals surface area contributed by atoms with Crippen molar-refractivity contribution in [3.05, 3.63) is 28.0 Å². The maximum absolute atomic E-state index is 10.6. The van der Waals surface area contributed by atoms with Gasteiger partial charge >= 0.3 is 0 Å². The molecule has 0 aliphatic carbocycles. The number of halogens is 2. The Morgan fingerprint density at radius 3 is 2.63 bits per heavy atom. The van der Waals surface area contributed by atoms with Crippen molar-refractivity contribution in [1.82, 2.24) is 9.55 Å². The van der Waals surface area contributed by atoms with Gasteiger partial charge in [-0.3, -0.25) is 0 Å². The lowest BCUT2D eigenvalue weighted by Crippen LogP contribution is -2.28. The number of benzene rings is 1. The number of imidazole rings is 1. The largest absolute Gasteiger partial charge is 0.381 e. The van der Waals surface area contributed by atoms with Crippen LogP contribution in [0.15, 0.2) is 12.1 Å². The number of hydrogen-bond acceptors (Lipinski definition) is 3. The fraction of sp³-hybridized carbons (Fsp3) is 0.462. The molecular weight excluding hydrogens is 303 g/mol. The second-order valence-electron chi connectivity index (χ2n) is 4.66. The van der Waals surface area contributed by atoms with E-state index in [1.54, 1.807) is 30.8 Å². The first-order valence-electron chi connectivity index (χ1n) is 5.99. The van der Waals surface area contributed by atoms with Crippen LogP contribution in [0.2, 0.25) is 10.0 Å². The topological polar surface area (TPSA) is 38.1 Å². The van der Waals surface area contributed by atoms with Gasteiger partial charge in [-0.1, -0.05) is 30.1 Å². The van der Waals surface area contributed by atoms with E-state index in [4.69, 9.17) is 23.2 Å². The van der Waals surface area contributed by atoms with Gasteiger partial charge in [-0.25, -0.2) is 4.98 Å². The lowest BCUT2D eigenvalue weighted by atomic mass is 10.1. The van der Waals surface area contributed by atoms with Gasteiger partial charge in [0.05, 0.1) is 21.1 Å². The summed E-state index contributed by atoms with van der Waals surface area (Å²) in [6, 6.07) is 3.50. The Kier molecular flexibility index (Phi) is 4.35. The van der Waals surface area contributed by atoms with Crippen LogP contribution in [-0.4, -0.2) is 26.2 Å². The van der Waals surface area contributed by atoms with Crippen molar-refractivity contribution < 1.29 is 5.11 Å². The van der Waals surface area contributed by atoms with E-state index < -0.39 is 5.60 Å². The Morgan fingerprint density at radius 1 is 1.37 bits per heavy atom. The van der Waals surface area contributed by atoms with Crippen LogP contribution in [0.4, 0.5) is 0 Å². The van der Waals surface area contributed by atoms with E-state index in [1.807, 2.05) is 11.6 Å². The van der Waals surface area contributed by atoms with Gasteiger partial charge in [-0.15, -0.1) is 0 Å². The lowest BCUT2D eigenvalue weighted by Gasteiger charge is -2.22. The minimum Gasteiger partial charge on any atom is -0.381 e. The Hall–Kier alpha value is -0.420. The van der Waals surface area contributed by atoms with E-state index in [9.17, 15) is 5.11 Å². The van der Waals surface area contributed by atoms with Crippen molar-refractivity contribution in [3.63, 3.8) is 0 Å². The van der Waals surface area contributed by atoms with Crippen LogP contribution in [0.5, 0.6) is 0 Å². The number of aromatic nitrogens is 2. The standard InChI is InChI=1S/C13H16Cl2N2OS/c1-4-19-7-13(2,18)12-16-10-5-8(14)9(15)6-11(10)17(12)3/h5-6,18H,4,7H2,1-3H3. The average Bonchev–Trinajstić information content (AvgIpc) is 2.66. The molecular formula is C13H16Cl2N2OS. The monoisotopic (exact) mass is 318 g/mol. The third-order valence-electron chi connectivity index (χ3n) is 2.99. The van der Waals surface area contributed by atoms with E-state index in [-0.39, 0.29) is 0 Å². The van der Waals surface area contributed by atoms with E-state index >= 15 is 0 Å². The molecule has 1 heterocycles. The first-order valence-corrected chi connectivity index (χ1v) is 7.90. The summed E-state index contributed by atoms with van der Waals surface area (Å²) in [7, 11) is 1.87. The molecule has 1 unspecified atom stereocenters. The smallest absolute Gasteiger partial charge is 0.142 e. The van der Waals surface area contributed by atoms with E-state index in [0.29, 0.717) is 21.6 Å². The molecule has 1 atom stereocenters. The van der Waals surface area contributed by atoms with Gasteiger partial charge in [0.25, 0.3) is 0 Å². The van der Waals surface area contributed by atoms with Crippen molar-refractivity contribution in [1.29, 1.82) is 0 Å². The normalized spacial score (nSPS) is 14.8. The summed E-state index contributed by atoms with van der Waals surface area (Å²) in [4.78, 5) is 4.50. The number of aryl methyl sites for hydroxylation is 1. The Morgan fingerprint density at radius 2 is 2.00 bits per heavy atom. The zero-order valence-electron chi connectivity index (χ0n) is 11.1. The summed E-state index contributed by atoms with van der Waals surface area (Å²) in [5, 5.41) is 11.5. The third-order valence-corrected chi connectivity index (χ3v) is 4.89. The van der Waals surface area contributed by atoms with Crippen molar-refractivity contribution in [2.24, 2.45) is 7.05 Å². The second-order valence-corrected chi connectivity index (χ2v) is 6.75. The van der Waals surface area contributed by atoms with Gasteiger partial charge in [-0.05, 0) is 24.8 Å². The molecule has 1 aromatic carbocycles. The van der Waals surface area contributed by atoms with Gasteiger partial charge < -0.3 is 9.67 Å². The fourth-order valence-electron chi connectivity index (χ4n) is 2.03. The molecule has 104 valence electrons. The molecule has 2 aromatic rings. The fourth-order valence-corrected chi connectivity index (χ4v) is 3.08. The molecule has 0 radical (unpaired) electrons. The highest BCUT2D eigenvalue weighted by atomic mass is 35.5. The van der Waals surface area contributed by atoms with Crippen LogP contribution < -0.4 is 0 Å². The molecule has 0 saturated heterocycles. The van der Waals surface area contributed by atoms with Crippen LogP contribution in [0.1, 0.15) is 19.7 Å². The molecule has 0 spiro atoms. The quantitative estimate of drug-likeness (QED) is 0.930. The Bertz CT molecular complexity index is 610. The van der Waals surface area contributed by atoms with E-state index in [2.05, 4.69) is 11.9 Å². The molecule has 0 fully saturated rings. The predicted molar refractivity (Wildman–Crippen MR) is 83.3 cm³/mol. The SMILES string of the molecule is CCSCC(C)(O)c1nc2cc(Cl)c(Cl)cc2n1C. The Balaban J connectivity index is 2.53. The van der Waals surface area contributed by atoms with Gasteiger partial charge in [0.2, 0.25) is 0 Å². The minimum atomic E-state index is -0.979. The summed E-state index contributed by atoms with van der Waals surface area (Å²) in [5.74, 6) is 2.18. The molecule has 0 aliphatic heterocycles. The molecule has 19 heavy (non-hydrogen) atoms. The first kappa shape index (κ1) is 15.0. The zero-order valence-corrected chi connectivity index (χ0v) is 13.4. The van der Waals surface area contributed by atoms with Crippen LogP contribution >= 0.6 is 35.0 Å². The van der Waals surface area contributed by atoms with Crippen LogP contribution in [-0.2, 0) is 12.6 Å². The highest BCUT2D eigenvalue weighted by Crippen LogP contribution is 2.31. The summed E-state index contributed by atoms with van der Waals surface area (Å²) in [5.41, 5.74) is 0.632. The number of aliphatic hydroxyl groups is 1. The van der Waals surface area contributed by atoms with E-state index in [1.165, 1.54) is 0 Å². The summed E-state index contributed by atoms with van der Waals surface area (Å²) in [6.45, 7) is 3.84. The second kappa shape index (κ2) is 5.52. The van der Waals surface area contributed by atoms with Crippen molar-refractivity contribution >= 4 is 46.0 Å². The minimum absolute atomic E-state index is 0.474. The Labute approximate surface area is 126 Å². The van der Waals surface area contributed by atoms with Crippen molar-refractivity contribution in [3.8, 4) is 0 Å². The van der Waals surface area contributed by atoms with Gasteiger partial charge in [-0.2, -0.15) is 11.8 Å². The maximum Gasteiger partial charge on any atom is 0.142 e. The molecule has 1 N–H and O–H groups in total. The molecule has 3 nitrogen and oxygen atoms in total. The predicted octanol–water partition coefficient (Wildman–Crippen LogP) is 3.84. The maximum atomic E-state index is 10.6. The molecule has 1 aromatic heterocycles. The number of nitrogens with zero attached hydrogens (tertiary/aromatic N) is 2. The molecule has 0 aliphatic rings. The molecule has 0 saturated carbocycles. The zero-order chi connectivity index (χ0) is 14.2. The summed E-state index contributed by atoms with van der Waals surface area (Å²) >= 11 is 13.7. The highest BCUT2D eigenvalue weighted by molar-refractivity contribution is 7.99. The molecule has 6 heteroatoms. The van der Waals surface area contributed by atoms with E-state index in [0.717, 1.165) is 16.8 Å². The van der Waals surface area contributed by atoms with Crippen LogP contribution in [0.3, 0.4) is 0 Å². The number of thioether (sulfide) groups is 1. The number of hydrogen-bond donors (Lipinski definition) is 1. The van der Waals surface area contributed by atoms with Gasteiger partial charge in [0.1, 0.15) is 11.4 Å². The van der Waals surface area contributed by atoms with Gasteiger partial charge in [0, 0.05) is 12.8 Å². The number of rotatable bonds is 4. The van der Waals surface area contributed by atoms with Crippen molar-refractivity contribution in [2.75, 3.05) is 11.5 Å². The molecule has 0 bridgehead atoms. The third kappa shape index (κ3) is 2.87. The highest BCUT2D eigenvalue weighted by Gasteiger charge is 2.29. The van der Waals surface area contributed by atoms with Crippen LogP contribution in [0.25, 0.3) is 11.0 Å². The average molecular weight is 319 g/mol. The summed E-state index contributed by atoms with van der Waals surface area (Å²) in [6.07, 6.45) is 0. The molecule has 0 amide bonds. The summed E-state index contributed by atoms with van der Waals surface area (Å²) < 4.78 is 1.87. The molecule has 2 rings (SSSR count). The van der Waals surface area contributed by atoms with Crippen LogP contribution in [0, 0.1) is 0 Å². The lowest BCUT2D eigenvalue weighted by molar-refractivity contribution is 0.0716. The first-order chi connectivity index (χ1) is 8.86. The van der Waals surface area contributed by atoms with Crippen molar-refractivity contribution in [2.45, 2.75) is 19.4 Å².